The molecule has 4 atom stereocenters. The summed E-state index contributed by atoms with van der Waals surface area (Å²) in [4.78, 5) is 26.6. The van der Waals surface area contributed by atoms with Gasteiger partial charge in [-0.2, -0.15) is 62.4 Å². The van der Waals surface area contributed by atoms with E-state index in [2.05, 4.69) is 309 Å². The van der Waals surface area contributed by atoms with Gasteiger partial charge in [0.2, 0.25) is 9.05 Å². The van der Waals surface area contributed by atoms with Gasteiger partial charge < -0.3 is 24.4 Å². The molecule has 0 radical (unpaired) electrons. The monoisotopic (exact) mass is 4660 g/mol. The second-order valence-corrected chi connectivity index (χ2v) is 717. The summed E-state index contributed by atoms with van der Waals surface area (Å²) in [5, 5.41) is 9.37. The molecule has 470 valence electrons. The van der Waals surface area contributed by atoms with Crippen LogP contribution < -0.4 is 13.3 Å². The number of rotatable bonds is 16. The molecule has 2 rings (SSSR count). The third-order valence-electron chi connectivity index (χ3n) is 5.76. The van der Waals surface area contributed by atoms with E-state index in [4.69, 9.17) is 13.7 Å². The quantitative estimate of drug-likeness (QED) is 0.0896. The Hall–Kier alpha value is 22.7. The number of likely N-dealkylation sites (tertiary alicyclic amines) is 2. The fraction of sp³-hybridized carbons (Fsp3) is 0.909. The Morgan fingerprint density at radius 3 is 1.06 bits per heavy atom. The van der Waals surface area contributed by atoms with Gasteiger partial charge in [-0.15, -0.1) is 0 Å². The summed E-state index contributed by atoms with van der Waals surface area (Å²) in [6, 6.07) is -0.0218. The Bertz CT molecular complexity index is 1740. The van der Waals surface area contributed by atoms with Crippen molar-refractivity contribution in [2.75, 3.05) is 25.6 Å². The first-order valence-corrected chi connectivity index (χ1v) is 209. The maximum atomic E-state index is 11.9. The van der Waals surface area contributed by atoms with Crippen LogP contribution >= 0.6 is 473 Å². The molecule has 2 saturated heterocycles. The summed E-state index contributed by atoms with van der Waals surface area (Å²) >= 11 is 51.2. The van der Waals surface area contributed by atoms with Crippen LogP contribution in [0.15, 0.2) is 0 Å². The summed E-state index contributed by atoms with van der Waals surface area (Å²) in [6.07, 6.45) is 1.41. The van der Waals surface area contributed by atoms with Crippen molar-refractivity contribution < 1.29 is 58.4 Å². The Morgan fingerprint density at radius 1 is 0.556 bits per heavy atom. The molecule has 0 aromatic carbocycles. The number of nitrogens with zero attached hydrogens (tertiary/aromatic N) is 2. The Balaban J connectivity index is -0.000000225. The maximum absolute atomic E-state index is 11.9. The average molecular weight is 4670 g/mol. The fourth-order valence-electron chi connectivity index (χ4n) is 3.84. The number of carbonyl (C=O) groups excluding carboxylic acids is 2. The summed E-state index contributed by atoms with van der Waals surface area (Å²) < 4.78 is 56.3. The van der Waals surface area contributed by atoms with Crippen molar-refractivity contribution in [2.45, 2.75) is 104 Å². The van der Waals surface area contributed by atoms with E-state index >= 15 is 0 Å². The van der Waals surface area contributed by atoms with Gasteiger partial charge in [-0.25, -0.2) is 18.0 Å². The van der Waals surface area contributed by atoms with Gasteiger partial charge in [-0.3, -0.25) is 4.18 Å². The number of hydrogen-bond acceptors (Lipinski definition) is 10. The molecular formula is C22H51ClI31N2O10S6-. The van der Waals surface area contributed by atoms with Crippen molar-refractivity contribution in [2.24, 2.45) is 0 Å². The van der Waals surface area contributed by atoms with Gasteiger partial charge in [0.25, 0.3) is 10.1 Å². The topological polar surface area (TPSA) is 157 Å². The molecule has 0 aromatic heterocycles. The second kappa shape index (κ2) is 55.3. The van der Waals surface area contributed by atoms with E-state index in [1.807, 2.05) is 34.6 Å². The molecule has 2 amide bonds. The minimum absolute atomic E-state index is 0. The van der Waals surface area contributed by atoms with Gasteiger partial charge >= 0.3 is 434 Å². The molecule has 0 aromatic rings. The van der Waals surface area contributed by atoms with Crippen molar-refractivity contribution >= 4 is 504 Å². The predicted octanol–water partition coefficient (Wildman–Crippen LogP) is 26.9. The normalized spacial score (nSPS) is 20.4. The number of ether oxygens (including phenoxy) is 2. The average Bonchev–Trinajstić information content (AvgIpc) is 3.73. The summed E-state index contributed by atoms with van der Waals surface area (Å²) in [5.41, 5.74) is -1.03. The molecule has 0 saturated carbocycles. The minimum Gasteiger partial charge on any atom is -0.197 e. The zero-order chi connectivity index (χ0) is 54.4. The van der Waals surface area contributed by atoms with Crippen molar-refractivity contribution in [3.05, 3.63) is 0 Å². The molecule has 50 heteroatoms. The fourth-order valence-corrected chi connectivity index (χ4v) is 5240. The third kappa shape index (κ3) is 50.9. The van der Waals surface area contributed by atoms with Gasteiger partial charge in [0.15, 0.2) is 0 Å². The van der Waals surface area contributed by atoms with Crippen LogP contribution in [0.2, 0.25) is 0 Å². The first-order valence-electron chi connectivity index (χ1n) is 16.0. The maximum Gasteiger partial charge on any atom is -0.197 e. The van der Waals surface area contributed by atoms with E-state index in [-0.39, 0.29) is 86.6 Å². The van der Waals surface area contributed by atoms with Crippen LogP contribution in [0.4, 0.5) is 9.59 Å². The molecule has 12 nitrogen and oxygen atoms in total. The van der Waals surface area contributed by atoms with Crippen LogP contribution in [0, 0.1) is 0 Å². The van der Waals surface area contributed by atoms with E-state index in [1.165, 1.54) is 4.90 Å². The zero-order valence-corrected chi connectivity index (χ0v) is 110. The van der Waals surface area contributed by atoms with Crippen molar-refractivity contribution in [3.63, 3.8) is 0 Å². The zero-order valence-electron chi connectivity index (χ0n) is 37.1. The Labute approximate surface area is 674 Å². The summed E-state index contributed by atoms with van der Waals surface area (Å²) in [6.45, 7) is 15.3. The first-order chi connectivity index (χ1) is 30.4. The van der Waals surface area contributed by atoms with E-state index < -0.39 is 151 Å². The van der Waals surface area contributed by atoms with E-state index in [0.717, 1.165) is 12.5 Å². The number of aliphatic hydroxyl groups excluding tert-OH is 1. The summed E-state index contributed by atoms with van der Waals surface area (Å²) in [5.74, 6) is 0. The molecule has 2 aliphatic rings. The minimum atomic E-state index is -3.49. The Morgan fingerprint density at radius 2 is 0.819 bits per heavy atom. The molecule has 72 heavy (non-hydrogen) atoms. The number of amides is 2. The molecule has 1 N–H and O–H groups in total. The molecule has 2 aliphatic heterocycles. The summed E-state index contributed by atoms with van der Waals surface area (Å²) in [7, 11) is -8.54. The van der Waals surface area contributed by atoms with Gasteiger partial charge in [-0.05, 0) is 68.2 Å². The molecular weight excluding hydrogens is 4610 g/mol. The van der Waals surface area contributed by atoms with Crippen molar-refractivity contribution in [1.82, 2.24) is 9.80 Å². The van der Waals surface area contributed by atoms with Crippen LogP contribution in [0.5, 0.6) is 0 Å². The van der Waals surface area contributed by atoms with Crippen LogP contribution in [0.3, 0.4) is 0 Å². The van der Waals surface area contributed by atoms with Crippen LogP contribution in [0.25, 0.3) is 0 Å². The number of halogens is 32. The molecule has 0 unspecified atom stereocenters. The van der Waals surface area contributed by atoms with Crippen molar-refractivity contribution in [3.8, 4) is 0 Å². The third-order valence-corrected chi connectivity index (χ3v) is 2240. The molecule has 2 fully saturated rings. The molecule has 0 bridgehead atoms. The van der Waals surface area contributed by atoms with Crippen LogP contribution in [0.1, 0.15) is 68.2 Å². The van der Waals surface area contributed by atoms with Gasteiger partial charge in [-0.1, -0.05) is 0 Å². The van der Waals surface area contributed by atoms with Crippen molar-refractivity contribution in [1.29, 1.82) is 0 Å². The van der Waals surface area contributed by atoms with Crippen LogP contribution in [-0.4, -0.2) is 105 Å². The number of aliphatic hydroxyl groups is 1. The van der Waals surface area contributed by atoms with E-state index in [0.29, 0.717) is 32.6 Å². The number of hydrogen-bond donors (Lipinski definition) is 1. The SMILES string of the molecule is CS(=O)(=O)Cl.C[C@H]1C[C@H](O)CN1C(=O)OC(C)(C)C.C[C@H]1C[C@H](OS(C)(=O)=O)CN1C(=O)OC(C)(C)C.I[I-]I(I)I(I)I(I)I(I)I(I)I(I)I(I)I(I)I(I)I(I)I(I)I(I)I(I)I(I)I.S.S.S.S. The molecule has 0 aliphatic carbocycles. The number of carbonyl (C=O) groups is 2. The van der Waals surface area contributed by atoms with Gasteiger partial charge in [0, 0.05) is 22.8 Å². The van der Waals surface area contributed by atoms with E-state index in [1.54, 1.807) is 25.7 Å². The van der Waals surface area contributed by atoms with E-state index in [9.17, 15) is 31.5 Å². The second-order valence-electron chi connectivity index (χ2n) is 13.5. The standard InChI is InChI=1S/C11H21NO5S.C10H19NO3.CH3ClO2S.I31.4H2S/c1-8-6-9(17-18(5,14)15)7-12(8)10(13)16-11(2,3)4;1-7-5-8(12)6-11(7)9(13)14-10(2,3)4;1-5(2,3)4;1-17-19(4)21(6)23(8)25(10)27(12)29(14)31(16)30(15)28(13)26(11)24(9)22(7)20(5)18(2)3;;;;/h8-9H,6-7H2,1-5H3;7-8,12H,5-6H2,1-4H3;1H3;;4*1H2/q;;;-1;;;;/t8-,9-;7-,8-;;;;;;/m00....../s1. The Kier molecular flexibility index (Phi) is 81.1. The molecule has 0 spiro atoms. The molecule has 2 heterocycles. The predicted molar refractivity (Wildman–Crippen MR) is 603 cm³/mol. The first kappa shape index (κ1) is 106. The van der Waals surface area contributed by atoms with Crippen LogP contribution in [-0.2, 0) is 32.8 Å². The smallest absolute Gasteiger partial charge is 0.197 e. The van der Waals surface area contributed by atoms with Gasteiger partial charge in [0.1, 0.15) is 11.2 Å². The number of β-amino-alcohol motifs (C(OH)–C–C–N with tert-alkyl or cyclic N) is 1. The van der Waals surface area contributed by atoms with Gasteiger partial charge in [0.05, 0.1) is 37.8 Å². The largest absolute Gasteiger partial charge is 0.197 e.